The molecule has 1 saturated carbocycles. The Balaban J connectivity index is 1.44. The first-order valence-corrected chi connectivity index (χ1v) is 9.33. The van der Waals surface area contributed by atoms with Crippen LogP contribution in [-0.4, -0.2) is 42.2 Å². The molecule has 136 valence electrons. The van der Waals surface area contributed by atoms with Crippen molar-refractivity contribution in [2.75, 3.05) is 24.6 Å². The Bertz CT molecular complexity index is 774. The van der Waals surface area contributed by atoms with Crippen molar-refractivity contribution >= 4 is 11.6 Å². The molecule has 2 aromatic rings. The van der Waals surface area contributed by atoms with Crippen LogP contribution in [-0.2, 0) is 11.2 Å². The number of carbonyl (C=O) groups excluding carboxylic acids is 1. The van der Waals surface area contributed by atoms with Gasteiger partial charge in [-0.15, -0.1) is 0 Å². The summed E-state index contributed by atoms with van der Waals surface area (Å²) < 4.78 is 5.60. The summed E-state index contributed by atoms with van der Waals surface area (Å²) >= 11 is 0. The lowest BCUT2D eigenvalue weighted by molar-refractivity contribution is 0.0532. The minimum Gasteiger partial charge on any atom is -0.375 e. The standard InChI is InChI=1S/C21H25N3O2/c1-16-15-24(11-12-26-16)18-7-10-22-19(13-18)20(25)23-21(8-9-21)14-17-5-3-2-4-6-17/h2-7,10,13,16H,8-9,11-12,14-15H2,1H3,(H,23,25). The van der Waals surface area contributed by atoms with Gasteiger partial charge in [-0.25, -0.2) is 0 Å². The van der Waals surface area contributed by atoms with Gasteiger partial charge in [-0.05, 0) is 43.9 Å². The van der Waals surface area contributed by atoms with Crippen LogP contribution in [0.1, 0.15) is 35.8 Å². The van der Waals surface area contributed by atoms with Crippen LogP contribution in [0.15, 0.2) is 48.7 Å². The third-order valence-corrected chi connectivity index (χ3v) is 5.20. The van der Waals surface area contributed by atoms with E-state index in [4.69, 9.17) is 4.74 Å². The molecule has 0 radical (unpaired) electrons. The number of ether oxygens (including phenoxy) is 1. The first kappa shape index (κ1) is 17.0. The molecule has 2 heterocycles. The van der Waals surface area contributed by atoms with Gasteiger partial charge in [0.15, 0.2) is 0 Å². The van der Waals surface area contributed by atoms with Crippen LogP contribution in [0, 0.1) is 0 Å². The molecule has 5 nitrogen and oxygen atoms in total. The average molecular weight is 351 g/mol. The molecule has 2 aliphatic rings. The lowest BCUT2D eigenvalue weighted by Gasteiger charge is -2.33. The molecule has 1 aliphatic heterocycles. The van der Waals surface area contributed by atoms with Gasteiger partial charge in [0, 0.05) is 30.5 Å². The first-order chi connectivity index (χ1) is 12.6. The van der Waals surface area contributed by atoms with E-state index in [1.54, 1.807) is 6.20 Å². The summed E-state index contributed by atoms with van der Waals surface area (Å²) in [6.07, 6.45) is 4.85. The molecular weight excluding hydrogens is 326 g/mol. The van der Waals surface area contributed by atoms with Crippen molar-refractivity contribution in [3.8, 4) is 0 Å². The number of benzene rings is 1. The molecule has 0 spiro atoms. The summed E-state index contributed by atoms with van der Waals surface area (Å²) in [7, 11) is 0. The first-order valence-electron chi connectivity index (χ1n) is 9.33. The third kappa shape index (κ3) is 3.88. The number of anilines is 1. The van der Waals surface area contributed by atoms with E-state index in [1.807, 2.05) is 30.3 Å². The van der Waals surface area contributed by atoms with Crippen molar-refractivity contribution in [3.63, 3.8) is 0 Å². The van der Waals surface area contributed by atoms with Crippen molar-refractivity contribution < 1.29 is 9.53 Å². The van der Waals surface area contributed by atoms with Crippen LogP contribution in [0.25, 0.3) is 0 Å². The molecule has 0 bridgehead atoms. The number of carbonyl (C=O) groups is 1. The summed E-state index contributed by atoms with van der Waals surface area (Å²) in [5.41, 5.74) is 2.67. The van der Waals surface area contributed by atoms with E-state index in [0.29, 0.717) is 12.3 Å². The van der Waals surface area contributed by atoms with Crippen LogP contribution < -0.4 is 10.2 Å². The van der Waals surface area contributed by atoms with E-state index in [1.165, 1.54) is 5.56 Å². The Morgan fingerprint density at radius 1 is 1.31 bits per heavy atom. The summed E-state index contributed by atoms with van der Waals surface area (Å²) in [5, 5.41) is 3.23. The van der Waals surface area contributed by atoms with Crippen molar-refractivity contribution in [2.24, 2.45) is 0 Å². The smallest absolute Gasteiger partial charge is 0.270 e. The zero-order chi connectivity index (χ0) is 18.0. The Morgan fingerprint density at radius 2 is 2.12 bits per heavy atom. The molecule has 26 heavy (non-hydrogen) atoms. The largest absolute Gasteiger partial charge is 0.375 e. The maximum Gasteiger partial charge on any atom is 0.270 e. The van der Waals surface area contributed by atoms with Crippen molar-refractivity contribution in [1.82, 2.24) is 10.3 Å². The van der Waals surface area contributed by atoms with E-state index in [0.717, 1.165) is 38.0 Å². The Hall–Kier alpha value is -2.40. The van der Waals surface area contributed by atoms with E-state index in [2.05, 4.69) is 34.3 Å². The van der Waals surface area contributed by atoms with Crippen molar-refractivity contribution in [2.45, 2.75) is 37.8 Å². The minimum absolute atomic E-state index is 0.0819. The highest BCUT2D eigenvalue weighted by Gasteiger charge is 2.44. The fourth-order valence-corrected chi connectivity index (χ4v) is 3.58. The lowest BCUT2D eigenvalue weighted by Crippen LogP contribution is -2.41. The van der Waals surface area contributed by atoms with Gasteiger partial charge in [-0.2, -0.15) is 0 Å². The number of pyridine rings is 1. The molecule has 1 N–H and O–H groups in total. The molecule has 4 rings (SSSR count). The number of hydrogen-bond donors (Lipinski definition) is 1. The van der Waals surface area contributed by atoms with E-state index in [9.17, 15) is 4.79 Å². The molecule has 1 amide bonds. The zero-order valence-electron chi connectivity index (χ0n) is 15.1. The van der Waals surface area contributed by atoms with Gasteiger partial charge in [-0.1, -0.05) is 30.3 Å². The SMILES string of the molecule is CC1CN(c2ccnc(C(=O)NC3(Cc4ccccc4)CC3)c2)CCO1. The second-order valence-corrected chi connectivity index (χ2v) is 7.42. The lowest BCUT2D eigenvalue weighted by atomic mass is 10.0. The van der Waals surface area contributed by atoms with Crippen LogP contribution in [0.2, 0.25) is 0 Å². The number of hydrogen-bond acceptors (Lipinski definition) is 4. The molecule has 1 aromatic carbocycles. The van der Waals surface area contributed by atoms with Gasteiger partial charge in [-0.3, -0.25) is 9.78 Å². The number of rotatable bonds is 5. The maximum atomic E-state index is 12.8. The molecular formula is C21H25N3O2. The molecule has 1 aliphatic carbocycles. The van der Waals surface area contributed by atoms with E-state index >= 15 is 0 Å². The monoisotopic (exact) mass is 351 g/mol. The molecule has 5 heteroatoms. The van der Waals surface area contributed by atoms with Gasteiger partial charge < -0.3 is 15.0 Å². The van der Waals surface area contributed by atoms with Crippen molar-refractivity contribution in [1.29, 1.82) is 0 Å². The fraction of sp³-hybridized carbons (Fsp3) is 0.429. The predicted octanol–water partition coefficient (Wildman–Crippen LogP) is 2.81. The maximum absolute atomic E-state index is 12.8. The minimum atomic E-state index is -0.108. The summed E-state index contributed by atoms with van der Waals surface area (Å²) in [6, 6.07) is 14.2. The van der Waals surface area contributed by atoms with E-state index < -0.39 is 0 Å². The second-order valence-electron chi connectivity index (χ2n) is 7.42. The fourth-order valence-electron chi connectivity index (χ4n) is 3.58. The number of amides is 1. The van der Waals surface area contributed by atoms with Gasteiger partial charge in [0.2, 0.25) is 0 Å². The normalized spacial score (nSPS) is 21.3. The molecule has 1 unspecified atom stereocenters. The predicted molar refractivity (Wildman–Crippen MR) is 101 cm³/mol. The molecule has 2 fully saturated rings. The summed E-state index contributed by atoms with van der Waals surface area (Å²) in [4.78, 5) is 19.3. The Kier molecular flexibility index (Phi) is 4.64. The highest BCUT2D eigenvalue weighted by Crippen LogP contribution is 2.38. The Morgan fingerprint density at radius 3 is 2.85 bits per heavy atom. The van der Waals surface area contributed by atoms with Crippen LogP contribution in [0.4, 0.5) is 5.69 Å². The van der Waals surface area contributed by atoms with Crippen LogP contribution >= 0.6 is 0 Å². The van der Waals surface area contributed by atoms with Gasteiger partial charge in [0.05, 0.1) is 12.7 Å². The number of aromatic nitrogens is 1. The second kappa shape index (κ2) is 7.08. The highest BCUT2D eigenvalue weighted by molar-refractivity contribution is 5.94. The Labute approximate surface area is 154 Å². The average Bonchev–Trinajstić information content (AvgIpc) is 3.41. The number of morpholine rings is 1. The quantitative estimate of drug-likeness (QED) is 0.900. The van der Waals surface area contributed by atoms with Crippen LogP contribution in [0.5, 0.6) is 0 Å². The summed E-state index contributed by atoms with van der Waals surface area (Å²) in [5.74, 6) is -0.0819. The summed E-state index contributed by atoms with van der Waals surface area (Å²) in [6.45, 7) is 4.46. The van der Waals surface area contributed by atoms with Gasteiger partial charge in [0.25, 0.3) is 5.91 Å². The topological polar surface area (TPSA) is 54.5 Å². The third-order valence-electron chi connectivity index (χ3n) is 5.20. The van der Waals surface area contributed by atoms with Crippen LogP contribution in [0.3, 0.4) is 0 Å². The number of nitrogens with one attached hydrogen (secondary N) is 1. The van der Waals surface area contributed by atoms with Gasteiger partial charge >= 0.3 is 0 Å². The zero-order valence-corrected chi connectivity index (χ0v) is 15.1. The van der Waals surface area contributed by atoms with Crippen molar-refractivity contribution in [3.05, 3.63) is 59.9 Å². The number of nitrogens with zero attached hydrogens (tertiary/aromatic N) is 2. The van der Waals surface area contributed by atoms with Gasteiger partial charge in [0.1, 0.15) is 5.69 Å². The van der Waals surface area contributed by atoms with E-state index in [-0.39, 0.29) is 17.6 Å². The highest BCUT2D eigenvalue weighted by atomic mass is 16.5. The molecule has 1 aromatic heterocycles. The molecule has 1 atom stereocenters. The molecule has 1 saturated heterocycles.